The summed E-state index contributed by atoms with van der Waals surface area (Å²) in [7, 11) is 4.49. The van der Waals surface area contributed by atoms with Crippen LogP contribution in [-0.2, 0) is 6.54 Å². The Morgan fingerprint density at radius 3 is 2.86 bits per heavy atom. The molecule has 1 aromatic rings. The van der Waals surface area contributed by atoms with Gasteiger partial charge >= 0.3 is 0 Å². The van der Waals surface area contributed by atoms with Crippen LogP contribution in [0.3, 0.4) is 0 Å². The Labute approximate surface area is 129 Å². The third-order valence-corrected chi connectivity index (χ3v) is 4.39. The van der Waals surface area contributed by atoms with Gasteiger partial charge in [0.05, 0.1) is 12.2 Å². The zero-order valence-electron chi connectivity index (χ0n) is 14.0. The van der Waals surface area contributed by atoms with Crippen molar-refractivity contribution >= 4 is 0 Å². The predicted octanol–water partition coefficient (Wildman–Crippen LogP) is 1.58. The number of aryl methyl sites for hydroxylation is 1. The molecule has 1 aliphatic heterocycles. The lowest BCUT2D eigenvalue weighted by atomic mass is 10.0. The fourth-order valence-corrected chi connectivity index (χ4v) is 3.25. The molecule has 5 nitrogen and oxygen atoms in total. The monoisotopic (exact) mass is 293 g/mol. The minimum atomic E-state index is 0.353. The van der Waals surface area contributed by atoms with E-state index in [0.29, 0.717) is 12.1 Å². The van der Waals surface area contributed by atoms with Crippen molar-refractivity contribution in [2.75, 3.05) is 40.3 Å². The highest BCUT2D eigenvalue weighted by Gasteiger charge is 2.29. The number of likely N-dealkylation sites (N-methyl/N-ethyl adjacent to an activating group) is 3. The van der Waals surface area contributed by atoms with Gasteiger partial charge in [-0.15, -0.1) is 0 Å². The average molecular weight is 293 g/mol. The smallest absolute Gasteiger partial charge is 0.0538 e. The lowest BCUT2D eigenvalue weighted by molar-refractivity contribution is 0.179. The van der Waals surface area contributed by atoms with E-state index in [1.807, 2.05) is 6.20 Å². The Balaban J connectivity index is 2.18. The van der Waals surface area contributed by atoms with Crippen LogP contribution < -0.4 is 5.32 Å². The van der Waals surface area contributed by atoms with Gasteiger partial charge in [0.2, 0.25) is 0 Å². The summed E-state index contributed by atoms with van der Waals surface area (Å²) in [5.41, 5.74) is 1.32. The minimum Gasteiger partial charge on any atom is -0.309 e. The van der Waals surface area contributed by atoms with Crippen molar-refractivity contribution in [3.05, 3.63) is 18.0 Å². The van der Waals surface area contributed by atoms with Crippen LogP contribution in [0.4, 0.5) is 0 Å². The van der Waals surface area contributed by atoms with Crippen molar-refractivity contribution in [3.63, 3.8) is 0 Å². The summed E-state index contributed by atoms with van der Waals surface area (Å²) in [6.45, 7) is 9.82. The van der Waals surface area contributed by atoms with Gasteiger partial charge in [0, 0.05) is 30.9 Å². The Morgan fingerprint density at radius 1 is 1.33 bits per heavy atom. The molecule has 1 N–H and O–H groups in total. The first-order chi connectivity index (χ1) is 10.2. The maximum atomic E-state index is 4.52. The third kappa shape index (κ3) is 4.28. The zero-order valence-corrected chi connectivity index (χ0v) is 14.0. The van der Waals surface area contributed by atoms with Crippen LogP contribution in [0.25, 0.3) is 0 Å². The second-order valence-electron chi connectivity index (χ2n) is 6.24. The van der Waals surface area contributed by atoms with Gasteiger partial charge < -0.3 is 15.1 Å². The van der Waals surface area contributed by atoms with Gasteiger partial charge in [-0.05, 0) is 46.6 Å². The highest BCUT2D eigenvalue weighted by atomic mass is 15.3. The third-order valence-electron chi connectivity index (χ3n) is 4.39. The molecule has 1 saturated heterocycles. The molecule has 2 heterocycles. The van der Waals surface area contributed by atoms with E-state index in [1.54, 1.807) is 0 Å². The number of aromatic nitrogens is 2. The van der Waals surface area contributed by atoms with Crippen molar-refractivity contribution < 1.29 is 0 Å². The van der Waals surface area contributed by atoms with Crippen molar-refractivity contribution in [3.8, 4) is 0 Å². The summed E-state index contributed by atoms with van der Waals surface area (Å²) in [4.78, 5) is 4.96. The number of hydrogen-bond acceptors (Lipinski definition) is 4. The molecule has 0 saturated carbocycles. The molecule has 0 aliphatic carbocycles. The van der Waals surface area contributed by atoms with E-state index < -0.39 is 0 Å². The van der Waals surface area contributed by atoms with Gasteiger partial charge in [-0.1, -0.05) is 13.8 Å². The Kier molecular flexibility index (Phi) is 6.21. The minimum absolute atomic E-state index is 0.353. The number of hydrogen-bond donors (Lipinski definition) is 1. The van der Waals surface area contributed by atoms with E-state index in [-0.39, 0.29) is 0 Å². The van der Waals surface area contributed by atoms with Gasteiger partial charge in [-0.2, -0.15) is 5.10 Å². The van der Waals surface area contributed by atoms with Crippen LogP contribution in [0.1, 0.15) is 38.3 Å². The van der Waals surface area contributed by atoms with Crippen LogP contribution >= 0.6 is 0 Å². The SMILES string of the molecule is CCCn1cc(C(NCC)C2CN(C)CCCN2C)cn1. The Bertz CT molecular complexity index is 417. The standard InChI is InChI=1S/C16H31N5/c1-5-8-21-12-14(11-18-21)16(17-6-2)15-13-19(3)9-7-10-20(15)4/h11-12,15-17H,5-10,13H2,1-4H3. The molecule has 0 amide bonds. The quantitative estimate of drug-likeness (QED) is 0.864. The van der Waals surface area contributed by atoms with E-state index in [0.717, 1.165) is 26.1 Å². The summed E-state index contributed by atoms with van der Waals surface area (Å²) < 4.78 is 2.07. The second-order valence-corrected chi connectivity index (χ2v) is 6.24. The molecular weight excluding hydrogens is 262 g/mol. The molecule has 2 unspecified atom stereocenters. The van der Waals surface area contributed by atoms with E-state index in [4.69, 9.17) is 0 Å². The van der Waals surface area contributed by atoms with Gasteiger partial charge in [0.1, 0.15) is 0 Å². The topological polar surface area (TPSA) is 36.3 Å². The van der Waals surface area contributed by atoms with Gasteiger partial charge in [0.25, 0.3) is 0 Å². The maximum absolute atomic E-state index is 4.52. The first-order valence-corrected chi connectivity index (χ1v) is 8.30. The lowest BCUT2D eigenvalue weighted by Gasteiger charge is -2.34. The molecule has 0 aromatic carbocycles. The first-order valence-electron chi connectivity index (χ1n) is 8.30. The van der Waals surface area contributed by atoms with E-state index in [2.05, 4.69) is 59.0 Å². The van der Waals surface area contributed by atoms with Crippen molar-refractivity contribution in [2.24, 2.45) is 0 Å². The molecular formula is C16H31N5. The Morgan fingerprint density at radius 2 is 2.14 bits per heavy atom. The van der Waals surface area contributed by atoms with Gasteiger partial charge in [-0.3, -0.25) is 4.68 Å². The van der Waals surface area contributed by atoms with Crippen molar-refractivity contribution in [1.82, 2.24) is 24.9 Å². The fraction of sp³-hybridized carbons (Fsp3) is 0.812. The van der Waals surface area contributed by atoms with E-state index >= 15 is 0 Å². The molecule has 0 radical (unpaired) electrons. The van der Waals surface area contributed by atoms with Crippen LogP contribution in [0.15, 0.2) is 12.4 Å². The van der Waals surface area contributed by atoms with E-state index in [9.17, 15) is 0 Å². The highest BCUT2D eigenvalue weighted by molar-refractivity contribution is 5.14. The summed E-state index contributed by atoms with van der Waals surface area (Å²) >= 11 is 0. The largest absolute Gasteiger partial charge is 0.309 e. The number of nitrogens with zero attached hydrogens (tertiary/aromatic N) is 4. The number of nitrogens with one attached hydrogen (secondary N) is 1. The fourth-order valence-electron chi connectivity index (χ4n) is 3.25. The molecule has 0 spiro atoms. The predicted molar refractivity (Wildman–Crippen MR) is 87.5 cm³/mol. The van der Waals surface area contributed by atoms with Crippen molar-refractivity contribution in [1.29, 1.82) is 0 Å². The molecule has 2 atom stereocenters. The van der Waals surface area contributed by atoms with Crippen LogP contribution in [0.2, 0.25) is 0 Å². The van der Waals surface area contributed by atoms with Crippen LogP contribution in [-0.4, -0.2) is 65.9 Å². The van der Waals surface area contributed by atoms with Gasteiger partial charge in [0.15, 0.2) is 0 Å². The zero-order chi connectivity index (χ0) is 15.2. The lowest BCUT2D eigenvalue weighted by Crippen LogP contribution is -2.47. The average Bonchev–Trinajstić information content (AvgIpc) is 2.84. The summed E-state index contributed by atoms with van der Waals surface area (Å²) in [6.07, 6.45) is 6.63. The molecule has 5 heteroatoms. The summed E-state index contributed by atoms with van der Waals surface area (Å²) in [6, 6.07) is 0.850. The molecule has 1 aromatic heterocycles. The molecule has 1 fully saturated rings. The van der Waals surface area contributed by atoms with E-state index in [1.165, 1.54) is 25.1 Å². The second kappa shape index (κ2) is 7.92. The number of rotatable bonds is 6. The normalized spacial score (nSPS) is 23.1. The van der Waals surface area contributed by atoms with Gasteiger partial charge in [-0.25, -0.2) is 0 Å². The van der Waals surface area contributed by atoms with Crippen LogP contribution in [0, 0.1) is 0 Å². The summed E-state index contributed by atoms with van der Waals surface area (Å²) in [5, 5.41) is 8.20. The maximum Gasteiger partial charge on any atom is 0.0538 e. The Hall–Kier alpha value is -0.910. The molecule has 0 bridgehead atoms. The first kappa shape index (κ1) is 16.5. The van der Waals surface area contributed by atoms with Crippen molar-refractivity contribution in [2.45, 2.75) is 45.3 Å². The molecule has 2 rings (SSSR count). The molecule has 21 heavy (non-hydrogen) atoms. The summed E-state index contributed by atoms with van der Waals surface area (Å²) in [5.74, 6) is 0. The molecule has 120 valence electrons. The highest BCUT2D eigenvalue weighted by Crippen LogP contribution is 2.23. The van der Waals surface area contributed by atoms with Crippen LogP contribution in [0.5, 0.6) is 0 Å². The molecule has 1 aliphatic rings.